The number of nitrogens with one attached hydrogen (secondary N) is 3. The average Bonchev–Trinajstić information content (AvgIpc) is 3.39. The second kappa shape index (κ2) is 12.6. The lowest BCUT2D eigenvalue weighted by Crippen LogP contribution is -2.37. The number of amides is 3. The van der Waals surface area contributed by atoms with Gasteiger partial charge in [-0.2, -0.15) is 0 Å². The average molecular weight is 534 g/mol. The number of hydroxylamine groups is 1. The third-order valence-electron chi connectivity index (χ3n) is 6.10. The fourth-order valence-electron chi connectivity index (χ4n) is 4.32. The molecule has 2 aromatic rings. The smallest absolute Gasteiger partial charge is 0.323 e. The second-order valence-electron chi connectivity index (χ2n) is 8.86. The van der Waals surface area contributed by atoms with Gasteiger partial charge in [0.1, 0.15) is 6.54 Å². The maximum absolute atomic E-state index is 12.9. The van der Waals surface area contributed by atoms with Crippen LogP contribution in [0.5, 0.6) is 0 Å². The van der Waals surface area contributed by atoms with Gasteiger partial charge in [0.2, 0.25) is 5.91 Å². The molecule has 4 rings (SSSR count). The molecule has 2 saturated heterocycles. The molecule has 0 bridgehead atoms. The summed E-state index contributed by atoms with van der Waals surface area (Å²) in [5, 5.41) is 13.7. The Morgan fingerprint density at radius 1 is 1.14 bits per heavy atom. The van der Waals surface area contributed by atoms with Crippen LogP contribution in [0.25, 0.3) is 10.4 Å². The van der Waals surface area contributed by atoms with Crippen molar-refractivity contribution >= 4 is 46.7 Å². The molecule has 2 fully saturated rings. The van der Waals surface area contributed by atoms with Gasteiger partial charge in [-0.05, 0) is 61.3 Å². The van der Waals surface area contributed by atoms with Crippen molar-refractivity contribution in [1.29, 1.82) is 0 Å². The van der Waals surface area contributed by atoms with E-state index < -0.39 is 18.5 Å². The van der Waals surface area contributed by atoms with Gasteiger partial charge in [-0.3, -0.25) is 9.59 Å². The monoisotopic (exact) mass is 533 g/mol. The highest BCUT2D eigenvalue weighted by atomic mass is 32.2. The standard InChI is InChI=1S/C25H31N3O6S2/c29-21(28-34-23-8-1-3-12-33-23)15-25(11-2-4-13-35-25)20-10-9-19(36-20)17-6-5-7-18(14-17)27-24(32)26-16-22(30)31/h5-7,9-10,14,23H,1-4,8,11-13,15-16H2,(H,28,29)(H,30,31)(H2,26,27,32)/t23?,25-/m0/s1. The molecule has 2 aliphatic heterocycles. The van der Waals surface area contributed by atoms with Gasteiger partial charge in [-0.25, -0.2) is 15.1 Å². The number of carbonyl (C=O) groups excluding carboxylic acids is 2. The van der Waals surface area contributed by atoms with Crippen molar-refractivity contribution in [2.24, 2.45) is 0 Å². The van der Waals surface area contributed by atoms with E-state index >= 15 is 0 Å². The first kappa shape index (κ1) is 26.5. The summed E-state index contributed by atoms with van der Waals surface area (Å²) in [7, 11) is 0. The molecule has 2 atom stereocenters. The molecule has 4 N–H and O–H groups in total. The predicted octanol–water partition coefficient (Wildman–Crippen LogP) is 4.70. The molecular formula is C25H31N3O6S2. The van der Waals surface area contributed by atoms with Crippen molar-refractivity contribution in [2.75, 3.05) is 24.2 Å². The van der Waals surface area contributed by atoms with Crippen LogP contribution in [0.15, 0.2) is 36.4 Å². The summed E-state index contributed by atoms with van der Waals surface area (Å²) in [6.07, 6.45) is 5.89. The number of rotatable bonds is 9. The zero-order chi connectivity index (χ0) is 25.4. The van der Waals surface area contributed by atoms with Crippen LogP contribution in [0.4, 0.5) is 10.5 Å². The van der Waals surface area contributed by atoms with Gasteiger partial charge >= 0.3 is 12.0 Å². The van der Waals surface area contributed by atoms with Crippen molar-refractivity contribution < 1.29 is 29.1 Å². The van der Waals surface area contributed by atoms with E-state index in [1.54, 1.807) is 17.4 Å². The fraction of sp³-hybridized carbons (Fsp3) is 0.480. The van der Waals surface area contributed by atoms with E-state index in [2.05, 4.69) is 22.2 Å². The zero-order valence-corrected chi connectivity index (χ0v) is 21.6. The van der Waals surface area contributed by atoms with Crippen molar-refractivity contribution in [2.45, 2.75) is 56.0 Å². The molecule has 194 valence electrons. The third-order valence-corrected chi connectivity index (χ3v) is 9.18. The van der Waals surface area contributed by atoms with Gasteiger partial charge in [-0.1, -0.05) is 18.6 Å². The minimum absolute atomic E-state index is 0.146. The number of hydrogen-bond donors (Lipinski definition) is 4. The number of thiophene rings is 1. The van der Waals surface area contributed by atoms with Gasteiger partial charge in [0.25, 0.3) is 0 Å². The van der Waals surface area contributed by atoms with E-state index in [1.165, 1.54) is 0 Å². The third kappa shape index (κ3) is 7.22. The molecule has 0 spiro atoms. The lowest BCUT2D eigenvalue weighted by molar-refractivity contribution is -0.200. The Bertz CT molecular complexity index is 1060. The van der Waals surface area contributed by atoms with Crippen LogP contribution in [-0.4, -0.2) is 48.2 Å². The summed E-state index contributed by atoms with van der Waals surface area (Å²) >= 11 is 3.48. The lowest BCUT2D eigenvalue weighted by Gasteiger charge is -2.35. The normalized spacial score (nSPS) is 21.9. The van der Waals surface area contributed by atoms with Crippen molar-refractivity contribution in [3.63, 3.8) is 0 Å². The van der Waals surface area contributed by atoms with Crippen LogP contribution >= 0.6 is 23.1 Å². The van der Waals surface area contributed by atoms with Gasteiger partial charge in [0.05, 0.1) is 4.75 Å². The van der Waals surface area contributed by atoms with E-state index in [-0.39, 0.29) is 16.9 Å². The van der Waals surface area contributed by atoms with Crippen molar-refractivity contribution in [3.05, 3.63) is 41.3 Å². The molecule has 0 aliphatic carbocycles. The molecule has 1 unspecified atom stereocenters. The van der Waals surface area contributed by atoms with E-state index in [9.17, 15) is 14.4 Å². The molecule has 0 radical (unpaired) electrons. The maximum Gasteiger partial charge on any atom is 0.323 e. The highest BCUT2D eigenvalue weighted by molar-refractivity contribution is 8.00. The number of carbonyl (C=O) groups is 3. The second-order valence-corrected chi connectivity index (χ2v) is 11.4. The van der Waals surface area contributed by atoms with Crippen LogP contribution < -0.4 is 16.1 Å². The highest BCUT2D eigenvalue weighted by Crippen LogP contribution is 2.51. The Kier molecular flexibility index (Phi) is 9.24. The van der Waals surface area contributed by atoms with Crippen LogP contribution in [0.2, 0.25) is 0 Å². The number of benzene rings is 1. The van der Waals surface area contributed by atoms with E-state index in [1.807, 2.05) is 36.0 Å². The molecule has 3 heterocycles. The molecule has 9 nitrogen and oxygen atoms in total. The summed E-state index contributed by atoms with van der Waals surface area (Å²) in [6, 6.07) is 11.0. The molecule has 11 heteroatoms. The minimum atomic E-state index is -1.11. The molecule has 1 aromatic heterocycles. The molecule has 3 amide bonds. The summed E-state index contributed by atoms with van der Waals surface area (Å²) in [6.45, 7) is 0.202. The number of aliphatic carboxylic acids is 1. The zero-order valence-electron chi connectivity index (χ0n) is 19.9. The Morgan fingerprint density at radius 2 is 2.03 bits per heavy atom. The Hall–Kier alpha value is -2.60. The van der Waals surface area contributed by atoms with Gasteiger partial charge in [0, 0.05) is 34.9 Å². The molecule has 2 aliphatic rings. The molecule has 36 heavy (non-hydrogen) atoms. The quantitative estimate of drug-likeness (QED) is 0.344. The number of anilines is 1. The Morgan fingerprint density at radius 3 is 2.78 bits per heavy atom. The number of ether oxygens (including phenoxy) is 1. The van der Waals surface area contributed by atoms with Gasteiger partial charge in [-0.15, -0.1) is 23.1 Å². The van der Waals surface area contributed by atoms with Crippen LogP contribution in [0.1, 0.15) is 49.8 Å². The summed E-state index contributed by atoms with van der Waals surface area (Å²) in [5.41, 5.74) is 4.11. The number of carboxylic acid groups (broad SMARTS) is 1. The first-order valence-electron chi connectivity index (χ1n) is 12.1. The van der Waals surface area contributed by atoms with E-state index in [4.69, 9.17) is 14.7 Å². The SMILES string of the molecule is O=C(O)CNC(=O)Nc1cccc(-c2ccc([C@@]3(CC(=O)NOC4CCCCO4)CCCCS3)s2)c1. The fourth-order valence-corrected chi connectivity index (χ4v) is 7.21. The Balaban J connectivity index is 1.44. The lowest BCUT2D eigenvalue weighted by atomic mass is 9.94. The van der Waals surface area contributed by atoms with E-state index in [0.717, 1.165) is 59.6 Å². The molecule has 1 aromatic carbocycles. The molecule has 0 saturated carbocycles. The first-order valence-corrected chi connectivity index (χ1v) is 13.9. The number of hydrogen-bond acceptors (Lipinski definition) is 7. The van der Waals surface area contributed by atoms with Crippen molar-refractivity contribution in [3.8, 4) is 10.4 Å². The Labute approximate surface area is 218 Å². The largest absolute Gasteiger partial charge is 0.480 e. The number of thioether (sulfide) groups is 1. The highest BCUT2D eigenvalue weighted by Gasteiger charge is 2.38. The maximum atomic E-state index is 12.9. The van der Waals surface area contributed by atoms with E-state index in [0.29, 0.717) is 18.7 Å². The number of carboxylic acids is 1. The molecular weight excluding hydrogens is 502 g/mol. The summed E-state index contributed by atoms with van der Waals surface area (Å²) in [5.74, 6) is -0.257. The van der Waals surface area contributed by atoms with Crippen LogP contribution in [0.3, 0.4) is 0 Å². The summed E-state index contributed by atoms with van der Waals surface area (Å²) < 4.78 is 5.23. The first-order chi connectivity index (χ1) is 17.4. The van der Waals surface area contributed by atoms with Gasteiger partial charge < -0.3 is 20.5 Å². The van der Waals surface area contributed by atoms with Gasteiger partial charge in [0.15, 0.2) is 6.29 Å². The topological polar surface area (TPSA) is 126 Å². The van der Waals surface area contributed by atoms with Crippen molar-refractivity contribution in [1.82, 2.24) is 10.8 Å². The minimum Gasteiger partial charge on any atom is -0.480 e. The van der Waals surface area contributed by atoms with Crippen LogP contribution in [-0.2, 0) is 23.9 Å². The van der Waals surface area contributed by atoms with Crippen LogP contribution in [0, 0.1) is 0 Å². The summed E-state index contributed by atoms with van der Waals surface area (Å²) in [4.78, 5) is 43.1. The predicted molar refractivity (Wildman–Crippen MR) is 140 cm³/mol. The number of urea groups is 1.